The fourth-order valence-electron chi connectivity index (χ4n) is 3.00. The second-order valence-corrected chi connectivity index (χ2v) is 6.52. The average molecular weight is 451 g/mol. The van der Waals surface area contributed by atoms with Crippen LogP contribution in [0.15, 0.2) is 4.99 Å². The molecule has 7 heteroatoms. The Bertz CT molecular complexity index is 394. The zero-order chi connectivity index (χ0) is 16.5. The van der Waals surface area contributed by atoms with Gasteiger partial charge in [0.2, 0.25) is 5.91 Å². The maximum Gasteiger partial charge on any atom is 0.223 e. The predicted octanol–water partition coefficient (Wildman–Crippen LogP) is 1.56. The number of likely N-dealkylation sites (tertiary alicyclic amines) is 1. The van der Waals surface area contributed by atoms with E-state index in [4.69, 9.17) is 4.99 Å². The summed E-state index contributed by atoms with van der Waals surface area (Å²) >= 11 is 0. The van der Waals surface area contributed by atoms with Gasteiger partial charge in [0.25, 0.3) is 0 Å². The van der Waals surface area contributed by atoms with Crippen molar-refractivity contribution in [3.63, 3.8) is 0 Å². The summed E-state index contributed by atoms with van der Waals surface area (Å²) in [7, 11) is 0. The molecule has 0 radical (unpaired) electrons. The van der Waals surface area contributed by atoms with E-state index in [0.717, 1.165) is 38.3 Å². The monoisotopic (exact) mass is 451 g/mol. The normalized spacial score (nSPS) is 19.5. The molecule has 0 spiro atoms. The Labute approximate surface area is 163 Å². The van der Waals surface area contributed by atoms with Gasteiger partial charge in [-0.25, -0.2) is 0 Å². The standard InChI is InChI=1S/C17H33N5O.HI/c1-3-15(22-11-5-6-12-22)13-21-17(18-4-2)20-10-9-19-16(23)14-7-8-14;/h14-15H,3-13H2,1-2H3,(H,19,23)(H2,18,20,21);1H. The molecule has 1 atom stereocenters. The minimum Gasteiger partial charge on any atom is -0.357 e. The van der Waals surface area contributed by atoms with Gasteiger partial charge >= 0.3 is 0 Å². The number of amides is 1. The summed E-state index contributed by atoms with van der Waals surface area (Å²) in [6, 6.07) is 0.544. The summed E-state index contributed by atoms with van der Waals surface area (Å²) < 4.78 is 0. The highest BCUT2D eigenvalue weighted by atomic mass is 127. The van der Waals surface area contributed by atoms with Crippen LogP contribution in [0.3, 0.4) is 0 Å². The molecule has 1 aliphatic carbocycles. The van der Waals surface area contributed by atoms with Gasteiger partial charge in [-0.05, 0) is 52.1 Å². The van der Waals surface area contributed by atoms with Crippen LogP contribution in [-0.2, 0) is 4.79 Å². The van der Waals surface area contributed by atoms with Crippen molar-refractivity contribution in [2.75, 3.05) is 39.3 Å². The van der Waals surface area contributed by atoms with E-state index in [2.05, 4.69) is 34.7 Å². The SMILES string of the molecule is CCNC(=NCC(CC)N1CCCC1)NCCNC(=O)C1CC1.I. The van der Waals surface area contributed by atoms with E-state index < -0.39 is 0 Å². The quantitative estimate of drug-likeness (QED) is 0.216. The van der Waals surface area contributed by atoms with E-state index in [1.165, 1.54) is 25.9 Å². The zero-order valence-electron chi connectivity index (χ0n) is 15.1. The number of aliphatic imine (C=N–C) groups is 1. The number of carbonyl (C=O) groups excluding carboxylic acids is 1. The molecule has 1 heterocycles. The van der Waals surface area contributed by atoms with Crippen LogP contribution in [-0.4, -0.2) is 62.1 Å². The molecule has 1 aliphatic heterocycles. The molecule has 2 rings (SSSR count). The van der Waals surface area contributed by atoms with Gasteiger partial charge in [-0.1, -0.05) is 6.92 Å². The van der Waals surface area contributed by atoms with Gasteiger partial charge in [0.15, 0.2) is 5.96 Å². The molecule has 1 saturated heterocycles. The molecule has 0 bridgehead atoms. The number of hydrogen-bond acceptors (Lipinski definition) is 3. The van der Waals surface area contributed by atoms with E-state index in [-0.39, 0.29) is 35.8 Å². The van der Waals surface area contributed by atoms with E-state index >= 15 is 0 Å². The molecule has 0 aromatic carbocycles. The number of nitrogens with one attached hydrogen (secondary N) is 3. The first kappa shape index (κ1) is 21.5. The van der Waals surface area contributed by atoms with E-state index in [9.17, 15) is 4.79 Å². The Morgan fingerprint density at radius 2 is 1.79 bits per heavy atom. The van der Waals surface area contributed by atoms with Gasteiger partial charge in [-0.3, -0.25) is 14.7 Å². The number of guanidine groups is 1. The third kappa shape index (κ3) is 7.55. The Kier molecular flexibility index (Phi) is 10.6. The van der Waals surface area contributed by atoms with Gasteiger partial charge in [0.1, 0.15) is 0 Å². The van der Waals surface area contributed by atoms with Crippen LogP contribution in [0.25, 0.3) is 0 Å². The zero-order valence-corrected chi connectivity index (χ0v) is 17.5. The Morgan fingerprint density at radius 1 is 1.12 bits per heavy atom. The molecule has 1 saturated carbocycles. The van der Waals surface area contributed by atoms with Gasteiger partial charge in [-0.15, -0.1) is 24.0 Å². The molecule has 3 N–H and O–H groups in total. The number of hydrogen-bond donors (Lipinski definition) is 3. The average Bonchev–Trinajstić information content (AvgIpc) is 3.28. The first-order valence-corrected chi connectivity index (χ1v) is 9.28. The summed E-state index contributed by atoms with van der Waals surface area (Å²) in [5, 5.41) is 9.57. The van der Waals surface area contributed by atoms with E-state index in [1.54, 1.807) is 0 Å². The summed E-state index contributed by atoms with van der Waals surface area (Å²) in [5.74, 6) is 1.34. The van der Waals surface area contributed by atoms with Crippen molar-refractivity contribution in [1.29, 1.82) is 0 Å². The summed E-state index contributed by atoms with van der Waals surface area (Å²) in [5.41, 5.74) is 0. The summed E-state index contributed by atoms with van der Waals surface area (Å²) in [6.45, 7) is 9.79. The van der Waals surface area contributed by atoms with Crippen LogP contribution >= 0.6 is 24.0 Å². The van der Waals surface area contributed by atoms with Gasteiger partial charge in [0.05, 0.1) is 6.54 Å². The molecule has 2 fully saturated rings. The van der Waals surface area contributed by atoms with Crippen molar-refractivity contribution in [3.8, 4) is 0 Å². The number of carbonyl (C=O) groups is 1. The molecular weight excluding hydrogens is 417 g/mol. The molecule has 140 valence electrons. The number of halogens is 1. The van der Waals surface area contributed by atoms with Crippen LogP contribution in [0.1, 0.15) is 46.0 Å². The van der Waals surface area contributed by atoms with Gasteiger partial charge in [-0.2, -0.15) is 0 Å². The smallest absolute Gasteiger partial charge is 0.223 e. The first-order chi connectivity index (χ1) is 11.2. The summed E-state index contributed by atoms with van der Waals surface area (Å²) in [4.78, 5) is 18.9. The Hall–Kier alpha value is -0.570. The molecule has 6 nitrogen and oxygen atoms in total. The van der Waals surface area contributed by atoms with Gasteiger partial charge < -0.3 is 16.0 Å². The third-order valence-corrected chi connectivity index (χ3v) is 4.60. The van der Waals surface area contributed by atoms with Crippen molar-refractivity contribution in [2.45, 2.75) is 52.0 Å². The van der Waals surface area contributed by atoms with Gasteiger partial charge in [0, 0.05) is 31.6 Å². The van der Waals surface area contributed by atoms with Crippen molar-refractivity contribution < 1.29 is 4.79 Å². The highest BCUT2D eigenvalue weighted by Crippen LogP contribution is 2.28. The lowest BCUT2D eigenvalue weighted by molar-refractivity contribution is -0.122. The molecule has 1 unspecified atom stereocenters. The molecule has 1 amide bonds. The molecule has 24 heavy (non-hydrogen) atoms. The Morgan fingerprint density at radius 3 is 2.38 bits per heavy atom. The van der Waals surface area contributed by atoms with Crippen LogP contribution in [0, 0.1) is 5.92 Å². The fourth-order valence-corrected chi connectivity index (χ4v) is 3.00. The second kappa shape index (κ2) is 11.9. The number of rotatable bonds is 9. The Balaban J connectivity index is 0.00000288. The predicted molar refractivity (Wildman–Crippen MR) is 110 cm³/mol. The third-order valence-electron chi connectivity index (χ3n) is 4.60. The van der Waals surface area contributed by atoms with Crippen molar-refractivity contribution in [3.05, 3.63) is 0 Å². The lowest BCUT2D eigenvalue weighted by Gasteiger charge is -2.25. The minimum absolute atomic E-state index is 0. The fraction of sp³-hybridized carbons (Fsp3) is 0.882. The highest BCUT2D eigenvalue weighted by molar-refractivity contribution is 14.0. The van der Waals surface area contributed by atoms with Crippen LogP contribution in [0.2, 0.25) is 0 Å². The number of nitrogens with zero attached hydrogens (tertiary/aromatic N) is 2. The van der Waals surface area contributed by atoms with Crippen LogP contribution in [0.5, 0.6) is 0 Å². The maximum atomic E-state index is 11.6. The van der Waals surface area contributed by atoms with Crippen molar-refractivity contribution >= 4 is 35.8 Å². The lowest BCUT2D eigenvalue weighted by atomic mass is 10.2. The maximum absolute atomic E-state index is 11.6. The van der Waals surface area contributed by atoms with E-state index in [0.29, 0.717) is 19.1 Å². The lowest BCUT2D eigenvalue weighted by Crippen LogP contribution is -2.43. The van der Waals surface area contributed by atoms with Crippen molar-refractivity contribution in [2.24, 2.45) is 10.9 Å². The molecule has 0 aromatic heterocycles. The van der Waals surface area contributed by atoms with Crippen LogP contribution in [0.4, 0.5) is 0 Å². The second-order valence-electron chi connectivity index (χ2n) is 6.52. The van der Waals surface area contributed by atoms with Crippen molar-refractivity contribution in [1.82, 2.24) is 20.9 Å². The van der Waals surface area contributed by atoms with Crippen LogP contribution < -0.4 is 16.0 Å². The highest BCUT2D eigenvalue weighted by Gasteiger charge is 2.29. The largest absolute Gasteiger partial charge is 0.357 e. The minimum atomic E-state index is 0. The topological polar surface area (TPSA) is 68.8 Å². The molecule has 0 aromatic rings. The first-order valence-electron chi connectivity index (χ1n) is 9.28. The summed E-state index contributed by atoms with van der Waals surface area (Å²) in [6.07, 6.45) is 5.88. The molecular formula is C17H34IN5O. The molecule has 2 aliphatic rings. The van der Waals surface area contributed by atoms with E-state index in [1.807, 2.05) is 0 Å².